The Morgan fingerprint density at radius 2 is 2.17 bits per heavy atom. The van der Waals surface area contributed by atoms with E-state index in [1.165, 1.54) is 0 Å². The Morgan fingerprint density at radius 1 is 1.44 bits per heavy atom. The zero-order valence-electron chi connectivity index (χ0n) is 10.1. The first-order chi connectivity index (χ1) is 8.32. The number of amides is 1. The van der Waals surface area contributed by atoms with Gasteiger partial charge in [-0.3, -0.25) is 10.1 Å². The van der Waals surface area contributed by atoms with Crippen molar-refractivity contribution in [3.8, 4) is 0 Å². The van der Waals surface area contributed by atoms with Crippen LogP contribution in [0.5, 0.6) is 0 Å². The van der Waals surface area contributed by atoms with E-state index in [9.17, 15) is 18.0 Å². The van der Waals surface area contributed by atoms with Gasteiger partial charge in [-0.2, -0.15) is 13.2 Å². The Hall–Kier alpha value is -0.820. The minimum atomic E-state index is -4.32. The zero-order valence-corrected chi connectivity index (χ0v) is 10.1. The number of nitrogens with one attached hydrogen (secondary N) is 1. The number of hydrogen-bond acceptors (Lipinski definition) is 3. The van der Waals surface area contributed by atoms with Gasteiger partial charge < -0.3 is 10.6 Å². The minimum absolute atomic E-state index is 0.187. The number of nitrogens with two attached hydrogens (primary N) is 1. The molecule has 0 aromatic heterocycles. The number of hydrogen-bond donors (Lipinski definition) is 2. The molecule has 2 aliphatic rings. The number of carbonyl (C=O) groups excluding carboxylic acids is 1. The van der Waals surface area contributed by atoms with E-state index in [1.54, 1.807) is 0 Å². The van der Waals surface area contributed by atoms with E-state index in [0.29, 0.717) is 19.4 Å². The normalized spacial score (nSPS) is 33.4. The van der Waals surface area contributed by atoms with Crippen LogP contribution in [0.25, 0.3) is 0 Å². The fourth-order valence-electron chi connectivity index (χ4n) is 3.00. The third-order valence-electron chi connectivity index (χ3n) is 4.01. The van der Waals surface area contributed by atoms with Gasteiger partial charge in [0.2, 0.25) is 5.91 Å². The highest BCUT2D eigenvalue weighted by Gasteiger charge is 2.46. The number of nitrogens with zero attached hydrogens (tertiary/aromatic N) is 1. The summed E-state index contributed by atoms with van der Waals surface area (Å²) in [7, 11) is 0. The van der Waals surface area contributed by atoms with Crippen molar-refractivity contribution in [1.82, 2.24) is 10.2 Å². The van der Waals surface area contributed by atoms with Crippen LogP contribution in [0.15, 0.2) is 0 Å². The number of primary amides is 1. The lowest BCUT2D eigenvalue weighted by Crippen LogP contribution is -2.63. The van der Waals surface area contributed by atoms with Crippen molar-refractivity contribution in [2.24, 2.45) is 5.73 Å². The predicted octanol–water partition coefficient (Wildman–Crippen LogP) is 0.621. The summed E-state index contributed by atoms with van der Waals surface area (Å²) in [5, 5.41) is 2.36. The van der Waals surface area contributed by atoms with Crippen molar-refractivity contribution < 1.29 is 18.0 Å². The largest absolute Gasteiger partial charge is 0.401 e. The van der Waals surface area contributed by atoms with Crippen molar-refractivity contribution >= 4 is 5.91 Å². The SMILES string of the molecule is NC(=O)C1(NCC(F)(F)F)CCN2CCCC2C1. The first-order valence-electron chi connectivity index (χ1n) is 6.18. The van der Waals surface area contributed by atoms with Gasteiger partial charge in [-0.1, -0.05) is 0 Å². The summed E-state index contributed by atoms with van der Waals surface area (Å²) in [5.41, 5.74) is 4.13. The fourth-order valence-corrected chi connectivity index (χ4v) is 3.00. The second-order valence-corrected chi connectivity index (χ2v) is 5.20. The molecule has 2 heterocycles. The van der Waals surface area contributed by atoms with Crippen LogP contribution in [0.4, 0.5) is 13.2 Å². The number of halogens is 3. The van der Waals surface area contributed by atoms with E-state index in [4.69, 9.17) is 5.73 Å². The molecule has 2 rings (SSSR count). The molecule has 2 fully saturated rings. The topological polar surface area (TPSA) is 58.4 Å². The molecule has 7 heteroatoms. The number of fused-ring (bicyclic) bond motifs is 1. The summed E-state index contributed by atoms with van der Waals surface area (Å²) >= 11 is 0. The molecule has 0 saturated carbocycles. The highest BCUT2D eigenvalue weighted by Crippen LogP contribution is 2.33. The summed E-state index contributed by atoms with van der Waals surface area (Å²) in [6.45, 7) is 0.444. The Morgan fingerprint density at radius 3 is 2.78 bits per heavy atom. The Bertz CT molecular complexity index is 334. The van der Waals surface area contributed by atoms with Gasteiger partial charge >= 0.3 is 6.18 Å². The molecule has 18 heavy (non-hydrogen) atoms. The Kier molecular flexibility index (Phi) is 3.55. The third kappa shape index (κ3) is 2.77. The quantitative estimate of drug-likeness (QED) is 0.786. The summed E-state index contributed by atoms with van der Waals surface area (Å²) in [5.74, 6) is -0.668. The van der Waals surface area contributed by atoms with E-state index in [-0.39, 0.29) is 6.04 Å². The van der Waals surface area contributed by atoms with Gasteiger partial charge in [0.1, 0.15) is 5.54 Å². The zero-order chi connectivity index (χ0) is 13.4. The van der Waals surface area contributed by atoms with Crippen molar-refractivity contribution in [2.45, 2.75) is 43.4 Å². The fraction of sp³-hybridized carbons (Fsp3) is 0.909. The third-order valence-corrected chi connectivity index (χ3v) is 4.01. The lowest BCUT2D eigenvalue weighted by Gasteiger charge is -2.42. The maximum absolute atomic E-state index is 12.3. The van der Waals surface area contributed by atoms with Crippen LogP contribution in [-0.2, 0) is 4.79 Å². The molecule has 4 nitrogen and oxygen atoms in total. The van der Waals surface area contributed by atoms with Gasteiger partial charge in [0, 0.05) is 12.6 Å². The van der Waals surface area contributed by atoms with E-state index < -0.39 is 24.2 Å². The van der Waals surface area contributed by atoms with E-state index in [0.717, 1.165) is 19.4 Å². The summed E-state index contributed by atoms with van der Waals surface area (Å²) in [4.78, 5) is 13.8. The minimum Gasteiger partial charge on any atom is -0.368 e. The average molecular weight is 265 g/mol. The second kappa shape index (κ2) is 4.70. The van der Waals surface area contributed by atoms with E-state index >= 15 is 0 Å². The lowest BCUT2D eigenvalue weighted by molar-refractivity contribution is -0.139. The number of carbonyl (C=O) groups is 1. The summed E-state index contributed by atoms with van der Waals surface area (Å²) < 4.78 is 36.9. The molecular formula is C11H18F3N3O. The van der Waals surface area contributed by atoms with Gasteiger partial charge in [-0.15, -0.1) is 0 Å². The number of rotatable bonds is 3. The molecule has 2 aliphatic heterocycles. The van der Waals surface area contributed by atoms with E-state index in [2.05, 4.69) is 10.2 Å². The monoisotopic (exact) mass is 265 g/mol. The van der Waals surface area contributed by atoms with Crippen LogP contribution in [-0.4, -0.2) is 48.2 Å². The highest BCUT2D eigenvalue weighted by atomic mass is 19.4. The molecule has 3 N–H and O–H groups in total. The molecule has 104 valence electrons. The highest BCUT2D eigenvalue weighted by molar-refractivity contribution is 5.85. The van der Waals surface area contributed by atoms with Crippen LogP contribution < -0.4 is 11.1 Å². The molecule has 2 saturated heterocycles. The molecule has 0 bridgehead atoms. The van der Waals surface area contributed by atoms with Gasteiger partial charge in [0.05, 0.1) is 6.54 Å². The maximum Gasteiger partial charge on any atom is 0.401 e. The van der Waals surface area contributed by atoms with Gasteiger partial charge in [0.25, 0.3) is 0 Å². The second-order valence-electron chi connectivity index (χ2n) is 5.20. The maximum atomic E-state index is 12.3. The first-order valence-corrected chi connectivity index (χ1v) is 6.18. The molecule has 2 atom stereocenters. The molecule has 0 aromatic carbocycles. The first kappa shape index (κ1) is 13.6. The van der Waals surface area contributed by atoms with Crippen molar-refractivity contribution in [3.05, 3.63) is 0 Å². The molecule has 2 unspecified atom stereocenters. The average Bonchev–Trinajstić information content (AvgIpc) is 2.71. The van der Waals surface area contributed by atoms with Crippen LogP contribution >= 0.6 is 0 Å². The molecule has 1 amide bonds. The molecule has 0 radical (unpaired) electrons. The molecule has 0 aliphatic carbocycles. The van der Waals surface area contributed by atoms with Crippen LogP contribution in [0.3, 0.4) is 0 Å². The molecular weight excluding hydrogens is 247 g/mol. The molecule has 0 spiro atoms. The standard InChI is InChI=1S/C11H18F3N3O/c12-11(13,14)7-16-10(9(15)18)3-5-17-4-1-2-8(17)6-10/h8,16H,1-7H2,(H2,15,18). The van der Waals surface area contributed by atoms with Crippen LogP contribution in [0, 0.1) is 0 Å². The predicted molar refractivity (Wildman–Crippen MR) is 59.8 cm³/mol. The number of piperidine rings is 1. The van der Waals surface area contributed by atoms with Gasteiger partial charge in [0.15, 0.2) is 0 Å². The van der Waals surface area contributed by atoms with Crippen molar-refractivity contribution in [3.63, 3.8) is 0 Å². The number of alkyl halides is 3. The van der Waals surface area contributed by atoms with Gasteiger partial charge in [-0.05, 0) is 32.2 Å². The smallest absolute Gasteiger partial charge is 0.368 e. The van der Waals surface area contributed by atoms with Crippen LogP contribution in [0.2, 0.25) is 0 Å². The van der Waals surface area contributed by atoms with Crippen molar-refractivity contribution in [1.29, 1.82) is 0 Å². The van der Waals surface area contributed by atoms with E-state index in [1.807, 2.05) is 0 Å². The summed E-state index contributed by atoms with van der Waals surface area (Å²) in [6, 6.07) is 0.187. The summed E-state index contributed by atoms with van der Waals surface area (Å²) in [6.07, 6.45) is -1.61. The lowest BCUT2D eigenvalue weighted by atomic mass is 9.82. The van der Waals surface area contributed by atoms with Gasteiger partial charge in [-0.25, -0.2) is 0 Å². The Balaban J connectivity index is 2.05. The Labute approximate surface area is 104 Å². The molecule has 0 aromatic rings. The van der Waals surface area contributed by atoms with Crippen molar-refractivity contribution in [2.75, 3.05) is 19.6 Å². The van der Waals surface area contributed by atoms with Crippen LogP contribution in [0.1, 0.15) is 25.7 Å².